The number of carboxylic acid groups (broad SMARTS) is 1. The summed E-state index contributed by atoms with van der Waals surface area (Å²) >= 11 is 1.92. The van der Waals surface area contributed by atoms with E-state index in [0.29, 0.717) is 18.2 Å². The Hall–Kier alpha value is -1.16. The molecule has 26 heavy (non-hydrogen) atoms. The van der Waals surface area contributed by atoms with E-state index in [1.165, 1.54) is 29.1 Å². The summed E-state index contributed by atoms with van der Waals surface area (Å²) in [5.41, 5.74) is 0. The number of methoxy groups -OCH3 is 1. The minimum Gasteiger partial charge on any atom is -0.475 e. The second-order valence-corrected chi connectivity index (χ2v) is 7.84. The van der Waals surface area contributed by atoms with Gasteiger partial charge in [-0.05, 0) is 38.3 Å². The van der Waals surface area contributed by atoms with Crippen LogP contribution in [-0.2, 0) is 20.8 Å². The van der Waals surface area contributed by atoms with Gasteiger partial charge in [-0.15, -0.1) is 11.3 Å². The molecule has 1 aromatic rings. The summed E-state index contributed by atoms with van der Waals surface area (Å²) in [5.74, 6) is -2.76. The van der Waals surface area contributed by atoms with Gasteiger partial charge >= 0.3 is 12.1 Å². The van der Waals surface area contributed by atoms with Crippen molar-refractivity contribution >= 4 is 17.3 Å². The topological polar surface area (TPSA) is 59.0 Å². The molecule has 2 aliphatic rings. The summed E-state index contributed by atoms with van der Waals surface area (Å²) in [5, 5.41) is 7.12. The molecule has 9 heteroatoms. The first kappa shape index (κ1) is 21.1. The number of rotatable bonds is 4. The van der Waals surface area contributed by atoms with Gasteiger partial charge in [0.2, 0.25) is 0 Å². The van der Waals surface area contributed by atoms with E-state index >= 15 is 0 Å². The molecular formula is C17H24F3NO4S. The molecule has 0 spiro atoms. The minimum atomic E-state index is -5.08. The van der Waals surface area contributed by atoms with Gasteiger partial charge in [-0.1, -0.05) is 0 Å². The lowest BCUT2D eigenvalue weighted by Gasteiger charge is -2.35. The van der Waals surface area contributed by atoms with Crippen molar-refractivity contribution in [3.63, 3.8) is 0 Å². The van der Waals surface area contributed by atoms with Gasteiger partial charge in [-0.25, -0.2) is 4.79 Å². The van der Waals surface area contributed by atoms with Crippen LogP contribution in [0.15, 0.2) is 12.1 Å². The molecular weight excluding hydrogens is 371 g/mol. The third-order valence-electron chi connectivity index (χ3n) is 4.50. The number of thiophene rings is 1. The molecule has 1 N–H and O–H groups in total. The number of likely N-dealkylation sites (tertiary alicyclic amines) is 1. The van der Waals surface area contributed by atoms with Crippen molar-refractivity contribution in [3.8, 4) is 0 Å². The molecule has 1 aromatic heterocycles. The average molecular weight is 395 g/mol. The number of nitrogens with zero attached hydrogens (tertiary/aromatic N) is 1. The van der Waals surface area contributed by atoms with Gasteiger partial charge < -0.3 is 14.6 Å². The maximum Gasteiger partial charge on any atom is 0.490 e. The van der Waals surface area contributed by atoms with Crippen molar-refractivity contribution in [3.05, 3.63) is 21.9 Å². The van der Waals surface area contributed by atoms with E-state index in [9.17, 15) is 13.2 Å². The summed E-state index contributed by atoms with van der Waals surface area (Å²) in [6.45, 7) is 5.19. The van der Waals surface area contributed by atoms with Crippen LogP contribution in [0.3, 0.4) is 0 Å². The molecule has 0 amide bonds. The monoisotopic (exact) mass is 395 g/mol. The molecule has 0 radical (unpaired) electrons. The Bertz CT molecular complexity index is 593. The molecule has 0 aromatic carbocycles. The van der Waals surface area contributed by atoms with E-state index < -0.39 is 12.1 Å². The zero-order valence-electron chi connectivity index (χ0n) is 14.8. The highest BCUT2D eigenvalue weighted by Crippen LogP contribution is 2.33. The number of hydrogen-bond donors (Lipinski definition) is 1. The number of ether oxygens (including phenoxy) is 2. The van der Waals surface area contributed by atoms with Gasteiger partial charge in [0, 0.05) is 36.0 Å². The van der Waals surface area contributed by atoms with Crippen molar-refractivity contribution in [2.24, 2.45) is 0 Å². The zero-order valence-corrected chi connectivity index (χ0v) is 15.6. The third kappa shape index (κ3) is 5.94. The van der Waals surface area contributed by atoms with E-state index in [1.54, 1.807) is 7.11 Å². The summed E-state index contributed by atoms with van der Waals surface area (Å²) < 4.78 is 43.1. The Balaban J connectivity index is 0.000000298. The predicted octanol–water partition coefficient (Wildman–Crippen LogP) is 3.46. The number of alkyl halides is 3. The summed E-state index contributed by atoms with van der Waals surface area (Å²) in [7, 11) is 1.76. The first-order valence-corrected chi connectivity index (χ1v) is 9.26. The van der Waals surface area contributed by atoms with Crippen LogP contribution in [0.25, 0.3) is 0 Å². The molecule has 0 saturated carbocycles. The maximum atomic E-state index is 10.6. The van der Waals surface area contributed by atoms with E-state index in [-0.39, 0.29) is 0 Å². The molecule has 2 saturated heterocycles. The molecule has 3 heterocycles. The average Bonchev–Trinajstić information content (AvgIpc) is 3.14. The van der Waals surface area contributed by atoms with Crippen LogP contribution < -0.4 is 0 Å². The number of carboxylic acids is 1. The normalized spacial score (nSPS) is 26.1. The van der Waals surface area contributed by atoms with Crippen molar-refractivity contribution in [2.75, 3.05) is 20.3 Å². The standard InChI is InChI=1S/C15H23NO2S.C2HF3O2/c1-11-3-5-13(19-11)9-16-8-7-15-14(16)6-4-12(18-15)10-17-2;3-2(4,5)1(6)7/h3,5,12,14-15H,4,6-10H2,1-2H3;(H,6,7)/t12-,14-,15-;/m0./s1. The van der Waals surface area contributed by atoms with Gasteiger partial charge in [0.15, 0.2) is 0 Å². The van der Waals surface area contributed by atoms with E-state index in [1.807, 2.05) is 11.3 Å². The quantitative estimate of drug-likeness (QED) is 0.846. The van der Waals surface area contributed by atoms with Crippen LogP contribution in [0.4, 0.5) is 13.2 Å². The maximum absolute atomic E-state index is 10.6. The van der Waals surface area contributed by atoms with Crippen LogP contribution in [0, 0.1) is 6.92 Å². The SMILES string of the molecule is COC[C@@H]1CC[C@H]2[C@H](CCN2Cc2ccc(C)s2)O1.O=C(O)C(F)(F)F. The Morgan fingerprint density at radius 3 is 2.62 bits per heavy atom. The van der Waals surface area contributed by atoms with Gasteiger partial charge in [0.05, 0.1) is 18.8 Å². The van der Waals surface area contributed by atoms with Crippen molar-refractivity contribution < 1.29 is 32.5 Å². The Morgan fingerprint density at radius 1 is 1.38 bits per heavy atom. The van der Waals surface area contributed by atoms with Gasteiger partial charge in [-0.2, -0.15) is 13.2 Å². The summed E-state index contributed by atoms with van der Waals surface area (Å²) in [6.07, 6.45) is -0.780. The lowest BCUT2D eigenvalue weighted by molar-refractivity contribution is -0.192. The Labute approximate surface area is 154 Å². The first-order valence-electron chi connectivity index (χ1n) is 8.44. The smallest absolute Gasteiger partial charge is 0.475 e. The number of carbonyl (C=O) groups is 1. The van der Waals surface area contributed by atoms with Crippen molar-refractivity contribution in [1.82, 2.24) is 4.90 Å². The lowest BCUT2D eigenvalue weighted by Crippen LogP contribution is -2.43. The van der Waals surface area contributed by atoms with Gasteiger partial charge in [-0.3, -0.25) is 4.90 Å². The van der Waals surface area contributed by atoms with Crippen molar-refractivity contribution in [2.45, 2.75) is 57.2 Å². The largest absolute Gasteiger partial charge is 0.490 e. The molecule has 0 aliphatic carbocycles. The highest BCUT2D eigenvalue weighted by Gasteiger charge is 2.40. The Kier molecular flexibility index (Phi) is 7.45. The van der Waals surface area contributed by atoms with Crippen molar-refractivity contribution in [1.29, 1.82) is 0 Å². The summed E-state index contributed by atoms with van der Waals surface area (Å²) in [6, 6.07) is 5.11. The van der Waals surface area contributed by atoms with Crippen LogP contribution in [0.1, 0.15) is 29.0 Å². The Morgan fingerprint density at radius 2 is 2.08 bits per heavy atom. The van der Waals surface area contributed by atoms with Crippen LogP contribution >= 0.6 is 11.3 Å². The second-order valence-electron chi connectivity index (χ2n) is 6.47. The van der Waals surface area contributed by atoms with Gasteiger partial charge in [0.25, 0.3) is 0 Å². The highest BCUT2D eigenvalue weighted by molar-refractivity contribution is 7.11. The van der Waals surface area contributed by atoms with Crippen LogP contribution in [-0.4, -0.2) is 60.7 Å². The molecule has 0 unspecified atom stereocenters. The number of aliphatic carboxylic acids is 1. The lowest BCUT2D eigenvalue weighted by atomic mass is 9.99. The number of fused-ring (bicyclic) bond motifs is 1. The molecule has 3 rings (SSSR count). The number of halogens is 3. The highest BCUT2D eigenvalue weighted by atomic mass is 32.1. The molecule has 5 nitrogen and oxygen atoms in total. The number of aryl methyl sites for hydroxylation is 1. The minimum absolute atomic E-state index is 0.315. The van der Waals surface area contributed by atoms with E-state index in [2.05, 4.69) is 24.0 Å². The zero-order chi connectivity index (χ0) is 19.3. The van der Waals surface area contributed by atoms with Gasteiger partial charge in [0.1, 0.15) is 0 Å². The van der Waals surface area contributed by atoms with Crippen LogP contribution in [0.5, 0.6) is 0 Å². The molecule has 0 bridgehead atoms. The molecule has 2 aliphatic heterocycles. The fraction of sp³-hybridized carbons (Fsp3) is 0.706. The third-order valence-corrected chi connectivity index (χ3v) is 5.49. The molecule has 148 valence electrons. The second kappa shape index (κ2) is 9.16. The van der Waals surface area contributed by atoms with Crippen LogP contribution in [0.2, 0.25) is 0 Å². The molecule has 2 fully saturated rings. The fourth-order valence-electron chi connectivity index (χ4n) is 3.36. The van der Waals surface area contributed by atoms with E-state index in [4.69, 9.17) is 19.4 Å². The molecule has 3 atom stereocenters. The number of hydrogen-bond acceptors (Lipinski definition) is 5. The fourth-order valence-corrected chi connectivity index (χ4v) is 4.28. The van der Waals surface area contributed by atoms with E-state index in [0.717, 1.165) is 19.6 Å². The summed E-state index contributed by atoms with van der Waals surface area (Å²) in [4.78, 5) is 14.4. The predicted molar refractivity (Wildman–Crippen MR) is 91.3 cm³/mol. The first-order chi connectivity index (χ1) is 12.2.